The second kappa shape index (κ2) is 10.0. The van der Waals surface area contributed by atoms with E-state index in [1.807, 2.05) is 6.92 Å². The number of nitrogens with one attached hydrogen (secondary N) is 2. The quantitative estimate of drug-likeness (QED) is 0.431. The number of aliphatic imine (C=N–C) groups is 1. The van der Waals surface area contributed by atoms with Crippen LogP contribution in [0.2, 0.25) is 0 Å². The van der Waals surface area contributed by atoms with Gasteiger partial charge < -0.3 is 20.1 Å². The summed E-state index contributed by atoms with van der Waals surface area (Å²) >= 11 is 0. The maximum absolute atomic E-state index is 13.1. The number of alkyl halides is 3. The summed E-state index contributed by atoms with van der Waals surface area (Å²) < 4.78 is 49.5. The van der Waals surface area contributed by atoms with Crippen LogP contribution >= 0.6 is 0 Å². The van der Waals surface area contributed by atoms with Crippen LogP contribution < -0.4 is 15.4 Å². The summed E-state index contributed by atoms with van der Waals surface area (Å²) in [7, 11) is 2.90. The van der Waals surface area contributed by atoms with E-state index in [9.17, 15) is 13.2 Å². The molecule has 0 aliphatic carbocycles. The van der Waals surface area contributed by atoms with Crippen molar-refractivity contribution in [1.82, 2.24) is 10.6 Å². The Kier molecular flexibility index (Phi) is 8.39. The second-order valence-corrected chi connectivity index (χ2v) is 4.92. The Hall–Kier alpha value is -1.96. The van der Waals surface area contributed by atoms with Gasteiger partial charge in [-0.2, -0.15) is 13.2 Å². The second-order valence-electron chi connectivity index (χ2n) is 4.92. The lowest BCUT2D eigenvalue weighted by Crippen LogP contribution is -2.38. The van der Waals surface area contributed by atoms with Crippen molar-refractivity contribution < 1.29 is 22.6 Å². The number of halogens is 3. The molecule has 1 aromatic rings. The minimum atomic E-state index is -4.44. The Labute approximate surface area is 140 Å². The van der Waals surface area contributed by atoms with Crippen molar-refractivity contribution in [3.8, 4) is 5.75 Å². The van der Waals surface area contributed by atoms with Gasteiger partial charge in [-0.25, -0.2) is 0 Å². The van der Waals surface area contributed by atoms with Crippen molar-refractivity contribution in [3.63, 3.8) is 0 Å². The molecule has 0 amide bonds. The number of benzene rings is 1. The van der Waals surface area contributed by atoms with Gasteiger partial charge in [0.2, 0.25) is 0 Å². The van der Waals surface area contributed by atoms with Crippen molar-refractivity contribution >= 4 is 5.96 Å². The smallest absolute Gasteiger partial charge is 0.416 e. The molecule has 0 saturated heterocycles. The third kappa shape index (κ3) is 6.66. The molecule has 0 aliphatic heterocycles. The molecule has 0 aliphatic rings. The molecule has 0 heterocycles. The van der Waals surface area contributed by atoms with Crippen LogP contribution in [-0.4, -0.2) is 39.9 Å². The molecule has 0 saturated carbocycles. The van der Waals surface area contributed by atoms with Crippen LogP contribution in [-0.2, 0) is 17.5 Å². The van der Waals surface area contributed by atoms with E-state index in [1.165, 1.54) is 19.2 Å². The third-order valence-electron chi connectivity index (χ3n) is 3.25. The van der Waals surface area contributed by atoms with Gasteiger partial charge in [-0.3, -0.25) is 4.99 Å². The summed E-state index contributed by atoms with van der Waals surface area (Å²) in [6, 6.07) is 3.90. The average Bonchev–Trinajstić information content (AvgIpc) is 2.56. The molecule has 0 spiro atoms. The molecule has 0 unspecified atom stereocenters. The highest BCUT2D eigenvalue weighted by atomic mass is 19.4. The summed E-state index contributed by atoms with van der Waals surface area (Å²) in [4.78, 5) is 3.99. The van der Waals surface area contributed by atoms with Crippen molar-refractivity contribution in [2.75, 3.05) is 33.9 Å². The number of ether oxygens (including phenoxy) is 2. The van der Waals surface area contributed by atoms with E-state index in [-0.39, 0.29) is 17.9 Å². The van der Waals surface area contributed by atoms with Gasteiger partial charge in [0.05, 0.1) is 12.7 Å². The Morgan fingerprint density at radius 2 is 2.00 bits per heavy atom. The molecule has 1 rings (SSSR count). The van der Waals surface area contributed by atoms with Crippen LogP contribution in [0.1, 0.15) is 24.5 Å². The Morgan fingerprint density at radius 1 is 1.25 bits per heavy atom. The molecule has 24 heavy (non-hydrogen) atoms. The molecule has 0 fully saturated rings. The summed E-state index contributed by atoms with van der Waals surface area (Å²) in [6.45, 7) is 3.82. The highest BCUT2D eigenvalue weighted by Crippen LogP contribution is 2.34. The molecular formula is C16H24F3N3O2. The van der Waals surface area contributed by atoms with Gasteiger partial charge in [-0.05, 0) is 31.0 Å². The number of hydrogen-bond acceptors (Lipinski definition) is 3. The molecular weight excluding hydrogens is 323 g/mol. The number of hydrogen-bond donors (Lipinski definition) is 2. The predicted molar refractivity (Wildman–Crippen MR) is 87.3 cm³/mol. The molecule has 0 aromatic heterocycles. The molecule has 0 bridgehead atoms. The van der Waals surface area contributed by atoms with Crippen LogP contribution in [0.3, 0.4) is 0 Å². The molecule has 1 aromatic carbocycles. The van der Waals surface area contributed by atoms with E-state index in [4.69, 9.17) is 9.47 Å². The van der Waals surface area contributed by atoms with Crippen LogP contribution in [0.4, 0.5) is 13.2 Å². The van der Waals surface area contributed by atoms with Gasteiger partial charge in [-0.1, -0.05) is 6.07 Å². The fourth-order valence-corrected chi connectivity index (χ4v) is 2.03. The molecule has 2 N–H and O–H groups in total. The molecule has 136 valence electrons. The van der Waals surface area contributed by atoms with Crippen LogP contribution in [0.25, 0.3) is 0 Å². The zero-order valence-corrected chi connectivity index (χ0v) is 14.2. The first-order valence-corrected chi connectivity index (χ1v) is 7.68. The lowest BCUT2D eigenvalue weighted by Gasteiger charge is -2.16. The minimum Gasteiger partial charge on any atom is -0.497 e. The fourth-order valence-electron chi connectivity index (χ4n) is 2.03. The number of nitrogens with zero attached hydrogens (tertiary/aromatic N) is 1. The third-order valence-corrected chi connectivity index (χ3v) is 3.25. The van der Waals surface area contributed by atoms with E-state index in [0.29, 0.717) is 25.7 Å². The molecule has 0 atom stereocenters. The van der Waals surface area contributed by atoms with Crippen molar-refractivity contribution in [2.24, 2.45) is 4.99 Å². The van der Waals surface area contributed by atoms with Crippen LogP contribution in [0.5, 0.6) is 5.75 Å². The average molecular weight is 347 g/mol. The summed E-state index contributed by atoms with van der Waals surface area (Å²) in [5, 5.41) is 5.92. The van der Waals surface area contributed by atoms with E-state index in [2.05, 4.69) is 15.6 Å². The minimum absolute atomic E-state index is 0.00394. The Balaban J connectivity index is 2.65. The largest absolute Gasteiger partial charge is 0.497 e. The first-order valence-electron chi connectivity index (χ1n) is 7.68. The maximum atomic E-state index is 13.1. The molecule has 5 nitrogen and oxygen atoms in total. The summed E-state index contributed by atoms with van der Waals surface area (Å²) in [5.74, 6) is 0.611. The normalized spacial score (nSPS) is 12.2. The van der Waals surface area contributed by atoms with E-state index < -0.39 is 11.7 Å². The van der Waals surface area contributed by atoms with E-state index >= 15 is 0 Å². The number of rotatable bonds is 8. The monoisotopic (exact) mass is 347 g/mol. The first kappa shape index (κ1) is 20.1. The van der Waals surface area contributed by atoms with Gasteiger partial charge in [-0.15, -0.1) is 0 Å². The fraction of sp³-hybridized carbons (Fsp3) is 0.562. The van der Waals surface area contributed by atoms with Gasteiger partial charge in [0.15, 0.2) is 5.96 Å². The van der Waals surface area contributed by atoms with Crippen molar-refractivity contribution in [2.45, 2.75) is 26.1 Å². The zero-order valence-electron chi connectivity index (χ0n) is 14.2. The van der Waals surface area contributed by atoms with Gasteiger partial charge >= 0.3 is 6.18 Å². The topological polar surface area (TPSA) is 54.9 Å². The number of methoxy groups -OCH3 is 1. The lowest BCUT2D eigenvalue weighted by atomic mass is 10.1. The lowest BCUT2D eigenvalue weighted by molar-refractivity contribution is -0.138. The summed E-state index contributed by atoms with van der Waals surface area (Å²) in [5.41, 5.74) is -0.596. The van der Waals surface area contributed by atoms with E-state index in [0.717, 1.165) is 12.5 Å². The van der Waals surface area contributed by atoms with Crippen molar-refractivity contribution in [1.29, 1.82) is 0 Å². The maximum Gasteiger partial charge on any atom is 0.416 e. The Bertz CT molecular complexity index is 534. The predicted octanol–water partition coefficient (Wildman–Crippen LogP) is 2.81. The van der Waals surface area contributed by atoms with Gasteiger partial charge in [0, 0.05) is 33.4 Å². The Morgan fingerprint density at radius 3 is 2.58 bits per heavy atom. The van der Waals surface area contributed by atoms with E-state index in [1.54, 1.807) is 7.05 Å². The van der Waals surface area contributed by atoms with Gasteiger partial charge in [0.1, 0.15) is 5.75 Å². The van der Waals surface area contributed by atoms with Crippen LogP contribution in [0, 0.1) is 0 Å². The molecule has 8 heteroatoms. The standard InChI is InChI=1S/C16H24F3N3O2/c1-4-24-9-5-8-21-15(20-2)22-11-12-6-7-13(23-3)10-14(12)16(17,18)19/h6-7,10H,4-5,8-9,11H2,1-3H3,(H2,20,21,22). The first-order chi connectivity index (χ1) is 11.4. The highest BCUT2D eigenvalue weighted by molar-refractivity contribution is 5.79. The molecule has 0 radical (unpaired) electrons. The van der Waals surface area contributed by atoms with Crippen molar-refractivity contribution in [3.05, 3.63) is 29.3 Å². The zero-order chi connectivity index (χ0) is 18.0. The SMILES string of the molecule is CCOCCCNC(=NC)NCc1ccc(OC)cc1C(F)(F)F. The highest BCUT2D eigenvalue weighted by Gasteiger charge is 2.33. The summed E-state index contributed by atoms with van der Waals surface area (Å²) in [6.07, 6.45) is -3.66. The van der Waals surface area contributed by atoms with Crippen LogP contribution in [0.15, 0.2) is 23.2 Å². The van der Waals surface area contributed by atoms with Gasteiger partial charge in [0.25, 0.3) is 0 Å². The number of guanidine groups is 1.